The van der Waals surface area contributed by atoms with Crippen molar-refractivity contribution < 1.29 is 14.3 Å². The van der Waals surface area contributed by atoms with Crippen LogP contribution in [0.2, 0.25) is 0 Å². The average molecular weight is 298 g/mol. The SMILES string of the molecule is CCOC(=O)c1ccccc1NC(=O)N(C)c1ccccc1. The van der Waals surface area contributed by atoms with Crippen LogP contribution < -0.4 is 10.2 Å². The summed E-state index contributed by atoms with van der Waals surface area (Å²) in [5.41, 5.74) is 1.52. The summed E-state index contributed by atoms with van der Waals surface area (Å²) in [7, 11) is 1.66. The van der Waals surface area contributed by atoms with Gasteiger partial charge in [0.25, 0.3) is 0 Å². The molecule has 0 aliphatic carbocycles. The monoisotopic (exact) mass is 298 g/mol. The summed E-state index contributed by atoms with van der Waals surface area (Å²) in [6.07, 6.45) is 0. The standard InChI is InChI=1S/C17H18N2O3/c1-3-22-16(20)14-11-7-8-12-15(14)18-17(21)19(2)13-9-5-4-6-10-13/h4-12H,3H2,1-2H3,(H,18,21). The normalized spacial score (nSPS) is 9.91. The first-order valence-electron chi connectivity index (χ1n) is 6.99. The van der Waals surface area contributed by atoms with E-state index in [4.69, 9.17) is 4.74 Å². The second-order valence-corrected chi connectivity index (χ2v) is 4.59. The molecule has 0 bridgehead atoms. The van der Waals surface area contributed by atoms with Gasteiger partial charge in [0.2, 0.25) is 0 Å². The number of esters is 1. The topological polar surface area (TPSA) is 58.6 Å². The van der Waals surface area contributed by atoms with E-state index in [1.54, 1.807) is 38.2 Å². The number of rotatable bonds is 4. The van der Waals surface area contributed by atoms with E-state index in [-0.39, 0.29) is 12.6 Å². The van der Waals surface area contributed by atoms with Crippen LogP contribution in [-0.2, 0) is 4.74 Å². The van der Waals surface area contributed by atoms with E-state index in [2.05, 4.69) is 5.32 Å². The largest absolute Gasteiger partial charge is 0.462 e. The fraction of sp³-hybridized carbons (Fsp3) is 0.176. The predicted octanol–water partition coefficient (Wildman–Crippen LogP) is 3.53. The molecule has 0 saturated heterocycles. The van der Waals surface area contributed by atoms with Gasteiger partial charge in [0, 0.05) is 12.7 Å². The number of amides is 2. The first-order chi connectivity index (χ1) is 10.6. The van der Waals surface area contributed by atoms with Crippen molar-refractivity contribution in [3.63, 3.8) is 0 Å². The lowest BCUT2D eigenvalue weighted by molar-refractivity contribution is 0.0527. The lowest BCUT2D eigenvalue weighted by atomic mass is 10.2. The van der Waals surface area contributed by atoms with Gasteiger partial charge in [0.1, 0.15) is 0 Å². The molecule has 0 atom stereocenters. The Balaban J connectivity index is 2.17. The van der Waals surface area contributed by atoms with Crippen LogP contribution in [0.5, 0.6) is 0 Å². The summed E-state index contributed by atoms with van der Waals surface area (Å²) in [6, 6.07) is 15.7. The maximum Gasteiger partial charge on any atom is 0.340 e. The Kier molecular flexibility index (Phi) is 5.14. The third kappa shape index (κ3) is 3.63. The van der Waals surface area contributed by atoms with E-state index in [1.165, 1.54) is 4.90 Å². The minimum absolute atomic E-state index is 0.283. The Labute approximate surface area is 129 Å². The molecule has 5 nitrogen and oxygen atoms in total. The summed E-state index contributed by atoms with van der Waals surface area (Å²) in [5, 5.41) is 2.73. The van der Waals surface area contributed by atoms with Crippen LogP contribution in [0, 0.1) is 0 Å². The predicted molar refractivity (Wildman–Crippen MR) is 86.3 cm³/mol. The molecular weight excluding hydrogens is 280 g/mol. The molecular formula is C17H18N2O3. The number of benzene rings is 2. The van der Waals surface area contributed by atoms with Crippen LogP contribution >= 0.6 is 0 Å². The molecule has 0 aromatic heterocycles. The molecule has 0 heterocycles. The molecule has 0 unspecified atom stereocenters. The third-order valence-corrected chi connectivity index (χ3v) is 3.11. The molecule has 0 spiro atoms. The zero-order chi connectivity index (χ0) is 15.9. The van der Waals surface area contributed by atoms with Crippen molar-refractivity contribution >= 4 is 23.4 Å². The van der Waals surface area contributed by atoms with Crippen LogP contribution in [0.15, 0.2) is 54.6 Å². The Morgan fingerprint density at radius 1 is 1.05 bits per heavy atom. The fourth-order valence-corrected chi connectivity index (χ4v) is 1.95. The maximum atomic E-state index is 12.3. The lowest BCUT2D eigenvalue weighted by Gasteiger charge is -2.19. The molecule has 0 aliphatic rings. The van der Waals surface area contributed by atoms with Gasteiger partial charge in [-0.15, -0.1) is 0 Å². The van der Waals surface area contributed by atoms with Crippen LogP contribution in [0.1, 0.15) is 17.3 Å². The molecule has 1 N–H and O–H groups in total. The van der Waals surface area contributed by atoms with E-state index >= 15 is 0 Å². The second-order valence-electron chi connectivity index (χ2n) is 4.59. The third-order valence-electron chi connectivity index (χ3n) is 3.11. The van der Waals surface area contributed by atoms with Crippen molar-refractivity contribution in [1.82, 2.24) is 0 Å². The van der Waals surface area contributed by atoms with E-state index < -0.39 is 5.97 Å². The summed E-state index contributed by atoms with van der Waals surface area (Å²) < 4.78 is 4.99. The van der Waals surface area contributed by atoms with Gasteiger partial charge < -0.3 is 10.1 Å². The van der Waals surface area contributed by atoms with Crippen LogP contribution in [0.4, 0.5) is 16.2 Å². The maximum absolute atomic E-state index is 12.3. The first kappa shape index (κ1) is 15.6. The van der Waals surface area contributed by atoms with Crippen LogP contribution in [-0.4, -0.2) is 25.7 Å². The zero-order valence-corrected chi connectivity index (χ0v) is 12.6. The number of nitrogens with zero attached hydrogens (tertiary/aromatic N) is 1. The number of para-hydroxylation sites is 2. The molecule has 0 aliphatic heterocycles. The molecule has 0 radical (unpaired) electrons. The Bertz CT molecular complexity index is 656. The van der Waals surface area contributed by atoms with Crippen molar-refractivity contribution in [3.8, 4) is 0 Å². The van der Waals surface area contributed by atoms with E-state index in [1.807, 2.05) is 30.3 Å². The quantitative estimate of drug-likeness (QED) is 0.878. The zero-order valence-electron chi connectivity index (χ0n) is 12.6. The summed E-state index contributed by atoms with van der Waals surface area (Å²) >= 11 is 0. The Morgan fingerprint density at radius 2 is 1.68 bits per heavy atom. The highest BCUT2D eigenvalue weighted by molar-refractivity contribution is 6.05. The highest BCUT2D eigenvalue weighted by Gasteiger charge is 2.16. The highest BCUT2D eigenvalue weighted by atomic mass is 16.5. The molecule has 22 heavy (non-hydrogen) atoms. The van der Waals surface area contributed by atoms with Crippen LogP contribution in [0.3, 0.4) is 0 Å². The number of carbonyl (C=O) groups is 2. The van der Waals surface area contributed by atoms with Crippen molar-refractivity contribution in [2.75, 3.05) is 23.9 Å². The average Bonchev–Trinajstić information content (AvgIpc) is 2.55. The summed E-state index contributed by atoms with van der Waals surface area (Å²) in [6.45, 7) is 2.02. The molecule has 2 aromatic rings. The molecule has 0 fully saturated rings. The van der Waals surface area contributed by atoms with E-state index in [0.717, 1.165) is 5.69 Å². The van der Waals surface area contributed by atoms with Gasteiger partial charge in [-0.05, 0) is 31.2 Å². The second kappa shape index (κ2) is 7.26. The number of nitrogens with one attached hydrogen (secondary N) is 1. The van der Waals surface area contributed by atoms with Gasteiger partial charge in [0.05, 0.1) is 17.9 Å². The number of hydrogen-bond donors (Lipinski definition) is 1. The van der Waals surface area contributed by atoms with Gasteiger partial charge in [-0.25, -0.2) is 9.59 Å². The van der Waals surface area contributed by atoms with Gasteiger partial charge in [0.15, 0.2) is 0 Å². The summed E-state index contributed by atoms with van der Waals surface area (Å²) in [5.74, 6) is -0.458. The number of ether oxygens (including phenoxy) is 1. The smallest absolute Gasteiger partial charge is 0.340 e. The van der Waals surface area contributed by atoms with Gasteiger partial charge in [-0.1, -0.05) is 30.3 Å². The van der Waals surface area contributed by atoms with Gasteiger partial charge in [-0.2, -0.15) is 0 Å². The highest BCUT2D eigenvalue weighted by Crippen LogP contribution is 2.18. The van der Waals surface area contributed by atoms with Crippen molar-refractivity contribution in [2.45, 2.75) is 6.92 Å². The van der Waals surface area contributed by atoms with Crippen LogP contribution in [0.25, 0.3) is 0 Å². The van der Waals surface area contributed by atoms with E-state index in [0.29, 0.717) is 11.3 Å². The molecule has 5 heteroatoms. The number of carbonyl (C=O) groups excluding carboxylic acids is 2. The molecule has 2 amide bonds. The van der Waals surface area contributed by atoms with Crippen molar-refractivity contribution in [2.24, 2.45) is 0 Å². The minimum Gasteiger partial charge on any atom is -0.462 e. The van der Waals surface area contributed by atoms with E-state index in [9.17, 15) is 9.59 Å². The number of anilines is 2. The lowest BCUT2D eigenvalue weighted by Crippen LogP contribution is -2.31. The molecule has 114 valence electrons. The van der Waals surface area contributed by atoms with Gasteiger partial charge in [-0.3, -0.25) is 4.90 Å². The molecule has 0 saturated carbocycles. The Hall–Kier alpha value is -2.82. The van der Waals surface area contributed by atoms with Gasteiger partial charge >= 0.3 is 12.0 Å². The minimum atomic E-state index is -0.458. The fourth-order valence-electron chi connectivity index (χ4n) is 1.95. The molecule has 2 rings (SSSR count). The Morgan fingerprint density at radius 3 is 2.36 bits per heavy atom. The van der Waals surface area contributed by atoms with Crippen molar-refractivity contribution in [1.29, 1.82) is 0 Å². The first-order valence-corrected chi connectivity index (χ1v) is 6.99. The number of urea groups is 1. The number of hydrogen-bond acceptors (Lipinski definition) is 3. The summed E-state index contributed by atoms with van der Waals surface area (Å²) in [4.78, 5) is 25.7. The van der Waals surface area contributed by atoms with Crippen molar-refractivity contribution in [3.05, 3.63) is 60.2 Å². The molecule has 2 aromatic carbocycles.